The third-order valence-corrected chi connectivity index (χ3v) is 6.20. The highest BCUT2D eigenvalue weighted by Crippen LogP contribution is 2.33. The molecule has 0 radical (unpaired) electrons. The molecule has 3 aromatic rings. The zero-order chi connectivity index (χ0) is 22.0. The molecule has 156 valence electrons. The molecule has 2 aromatic heterocycles. The van der Waals surface area contributed by atoms with E-state index in [0.717, 1.165) is 22.4 Å². The predicted molar refractivity (Wildman–Crippen MR) is 120 cm³/mol. The van der Waals surface area contributed by atoms with Gasteiger partial charge in [0.15, 0.2) is 10.3 Å². The number of aryl methyl sites for hydroxylation is 1. The number of hydrogen-bond donors (Lipinski definition) is 1. The second kappa shape index (κ2) is 8.78. The average Bonchev–Trinajstić information content (AvgIpc) is 3.31. The lowest BCUT2D eigenvalue weighted by Gasteiger charge is -2.03. The summed E-state index contributed by atoms with van der Waals surface area (Å²) in [5.41, 5.74) is 1.76. The summed E-state index contributed by atoms with van der Waals surface area (Å²) in [4.78, 5) is 32.2. The van der Waals surface area contributed by atoms with Crippen molar-refractivity contribution in [2.24, 2.45) is 4.99 Å². The zero-order valence-corrected chi connectivity index (χ0v) is 18.1. The lowest BCUT2D eigenvalue weighted by Crippen LogP contribution is -2.19. The normalized spacial score (nSPS) is 16.1. The first-order valence-electron chi connectivity index (χ1n) is 9.13. The Morgan fingerprint density at radius 3 is 2.84 bits per heavy atom. The summed E-state index contributed by atoms with van der Waals surface area (Å²) in [6.45, 7) is 3.48. The highest BCUT2D eigenvalue weighted by Gasteiger charge is 2.25. The summed E-state index contributed by atoms with van der Waals surface area (Å²) in [5.74, 6) is 0.219. The van der Waals surface area contributed by atoms with Crippen molar-refractivity contribution in [3.8, 4) is 0 Å². The third-order valence-electron chi connectivity index (χ3n) is 4.42. The molecule has 1 saturated heterocycles. The third kappa shape index (κ3) is 4.86. The van der Waals surface area contributed by atoms with E-state index in [-0.39, 0.29) is 11.6 Å². The van der Waals surface area contributed by atoms with Crippen LogP contribution in [0.3, 0.4) is 0 Å². The van der Waals surface area contributed by atoms with Crippen molar-refractivity contribution in [3.63, 3.8) is 0 Å². The second-order valence-electron chi connectivity index (χ2n) is 6.57. The molecule has 0 bridgehead atoms. The fourth-order valence-electron chi connectivity index (χ4n) is 2.78. The van der Waals surface area contributed by atoms with Crippen molar-refractivity contribution in [3.05, 3.63) is 80.6 Å². The van der Waals surface area contributed by atoms with Crippen LogP contribution in [0, 0.1) is 24.0 Å². The molecule has 1 aliphatic heterocycles. The average molecular weight is 453 g/mol. The van der Waals surface area contributed by atoms with E-state index in [4.69, 9.17) is 4.42 Å². The Hall–Kier alpha value is -3.37. The van der Waals surface area contributed by atoms with Gasteiger partial charge in [-0.1, -0.05) is 6.07 Å². The number of furan rings is 1. The molecule has 31 heavy (non-hydrogen) atoms. The molecule has 8 nitrogen and oxygen atoms in total. The maximum absolute atomic E-state index is 12.3. The van der Waals surface area contributed by atoms with Gasteiger partial charge in [0.05, 0.1) is 15.5 Å². The molecule has 0 aliphatic carbocycles. The molecule has 1 aromatic carbocycles. The number of hydrogen-bond acceptors (Lipinski definition) is 8. The van der Waals surface area contributed by atoms with Gasteiger partial charge in [-0.25, -0.2) is 9.98 Å². The first kappa shape index (κ1) is 20.9. The Morgan fingerprint density at radius 2 is 2.10 bits per heavy atom. The van der Waals surface area contributed by atoms with E-state index < -0.39 is 4.92 Å². The van der Waals surface area contributed by atoms with Gasteiger partial charge in [-0.2, -0.15) is 0 Å². The standard InChI is InChI=1S/C21H16N4O4S2/c1-12-9-14(10-16(13(12)2)25(27)28)23-21-24-20(26)17(30-21)11-15-6-7-19(29-15)31-18-5-3-4-8-22-18/h3-11H,1-2H3,(H,23,24,26)/b17-11-. The fourth-order valence-corrected chi connectivity index (χ4v) is 4.34. The summed E-state index contributed by atoms with van der Waals surface area (Å²) in [5, 5.41) is 15.7. The number of rotatable bonds is 5. The number of benzene rings is 1. The van der Waals surface area contributed by atoms with Crippen molar-refractivity contribution in [1.29, 1.82) is 0 Å². The lowest BCUT2D eigenvalue weighted by molar-refractivity contribution is -0.385. The molecule has 1 N–H and O–H groups in total. The molecule has 1 amide bonds. The van der Waals surface area contributed by atoms with E-state index in [1.165, 1.54) is 17.8 Å². The van der Waals surface area contributed by atoms with E-state index in [1.807, 2.05) is 24.3 Å². The lowest BCUT2D eigenvalue weighted by atomic mass is 10.1. The van der Waals surface area contributed by atoms with Crippen LogP contribution in [0.25, 0.3) is 6.08 Å². The maximum atomic E-state index is 12.3. The quantitative estimate of drug-likeness (QED) is 0.320. The van der Waals surface area contributed by atoms with Crippen LogP contribution in [0.4, 0.5) is 11.4 Å². The molecule has 1 fully saturated rings. The molecular formula is C21H16N4O4S2. The molecule has 0 atom stereocenters. The van der Waals surface area contributed by atoms with Crippen molar-refractivity contribution >= 4 is 52.0 Å². The monoisotopic (exact) mass is 452 g/mol. The van der Waals surface area contributed by atoms with Crippen LogP contribution < -0.4 is 5.32 Å². The minimum Gasteiger partial charge on any atom is -0.450 e. The highest BCUT2D eigenvalue weighted by molar-refractivity contribution is 8.18. The number of thioether (sulfide) groups is 1. The number of nitro benzene ring substituents is 1. The number of nitro groups is 1. The molecule has 0 spiro atoms. The number of amidine groups is 1. The van der Waals surface area contributed by atoms with E-state index in [0.29, 0.717) is 32.2 Å². The summed E-state index contributed by atoms with van der Waals surface area (Å²) < 4.78 is 5.76. The first-order valence-corrected chi connectivity index (χ1v) is 10.8. The van der Waals surface area contributed by atoms with E-state index in [9.17, 15) is 14.9 Å². The summed E-state index contributed by atoms with van der Waals surface area (Å²) in [6, 6.07) is 12.3. The van der Waals surface area contributed by atoms with E-state index in [1.54, 1.807) is 38.3 Å². The van der Waals surface area contributed by atoms with Crippen molar-refractivity contribution in [2.45, 2.75) is 24.0 Å². The Labute approximate surface area is 186 Å². The number of amides is 1. The van der Waals surface area contributed by atoms with Crippen LogP contribution in [0.1, 0.15) is 16.9 Å². The number of nitrogens with one attached hydrogen (secondary N) is 1. The Kier molecular flexibility index (Phi) is 5.92. The van der Waals surface area contributed by atoms with Gasteiger partial charge in [0.2, 0.25) is 0 Å². The van der Waals surface area contributed by atoms with Crippen LogP contribution in [0.2, 0.25) is 0 Å². The SMILES string of the molecule is Cc1cc(N=C2NC(=O)/C(=C/c3ccc(Sc4ccccn4)o3)S2)cc([N+](=O)[O-])c1C. The zero-order valence-electron chi connectivity index (χ0n) is 16.5. The number of carbonyl (C=O) groups excluding carboxylic acids is 1. The summed E-state index contributed by atoms with van der Waals surface area (Å²) in [7, 11) is 0. The number of carbonyl (C=O) groups is 1. The largest absolute Gasteiger partial charge is 0.450 e. The number of aromatic nitrogens is 1. The number of aliphatic imine (C=N–C) groups is 1. The predicted octanol–water partition coefficient (Wildman–Crippen LogP) is 5.24. The van der Waals surface area contributed by atoms with Crippen LogP contribution in [0.15, 0.2) is 73.1 Å². The minimum atomic E-state index is -0.435. The molecule has 3 heterocycles. The smallest absolute Gasteiger partial charge is 0.274 e. The van der Waals surface area contributed by atoms with E-state index >= 15 is 0 Å². The van der Waals surface area contributed by atoms with Crippen molar-refractivity contribution in [2.75, 3.05) is 0 Å². The van der Waals surface area contributed by atoms with Gasteiger partial charge >= 0.3 is 0 Å². The second-order valence-corrected chi connectivity index (χ2v) is 8.63. The number of nitrogens with zero attached hydrogens (tertiary/aromatic N) is 3. The Bertz CT molecular complexity index is 1240. The fraction of sp³-hybridized carbons (Fsp3) is 0.0952. The van der Waals surface area contributed by atoms with Crippen molar-refractivity contribution in [1.82, 2.24) is 10.3 Å². The van der Waals surface area contributed by atoms with Gasteiger partial charge in [0, 0.05) is 23.9 Å². The molecule has 0 unspecified atom stereocenters. The Balaban J connectivity index is 1.52. The van der Waals surface area contributed by atoms with Crippen LogP contribution in [0.5, 0.6) is 0 Å². The molecule has 0 saturated carbocycles. The van der Waals surface area contributed by atoms with Gasteiger partial charge < -0.3 is 9.73 Å². The van der Waals surface area contributed by atoms with Gasteiger partial charge in [-0.3, -0.25) is 14.9 Å². The summed E-state index contributed by atoms with van der Waals surface area (Å²) >= 11 is 2.53. The molecule has 1 aliphatic rings. The first-order chi connectivity index (χ1) is 14.9. The van der Waals surface area contributed by atoms with Gasteiger partial charge in [0.25, 0.3) is 11.6 Å². The maximum Gasteiger partial charge on any atom is 0.274 e. The van der Waals surface area contributed by atoms with Crippen LogP contribution in [-0.4, -0.2) is 21.0 Å². The van der Waals surface area contributed by atoms with Gasteiger partial charge in [0.1, 0.15) is 10.8 Å². The van der Waals surface area contributed by atoms with Crippen LogP contribution >= 0.6 is 23.5 Å². The summed E-state index contributed by atoms with van der Waals surface area (Å²) in [6.07, 6.45) is 3.34. The molecule has 4 rings (SSSR count). The van der Waals surface area contributed by atoms with Gasteiger partial charge in [-0.05, 0) is 73.3 Å². The Morgan fingerprint density at radius 1 is 1.26 bits per heavy atom. The molecular weight excluding hydrogens is 436 g/mol. The van der Waals surface area contributed by atoms with E-state index in [2.05, 4.69) is 15.3 Å². The highest BCUT2D eigenvalue weighted by atomic mass is 32.2. The molecule has 10 heteroatoms. The van der Waals surface area contributed by atoms with Gasteiger partial charge in [-0.15, -0.1) is 0 Å². The van der Waals surface area contributed by atoms with Crippen molar-refractivity contribution < 1.29 is 14.1 Å². The minimum absolute atomic E-state index is 0.00189. The number of pyridine rings is 1. The topological polar surface area (TPSA) is 111 Å². The van der Waals surface area contributed by atoms with Crippen LogP contribution in [-0.2, 0) is 4.79 Å².